The molecular formula is C15H14Cl2N2. The Morgan fingerprint density at radius 2 is 2.11 bits per heavy atom. The first-order valence-electron chi connectivity index (χ1n) is 6.31. The molecule has 2 N–H and O–H groups in total. The molecule has 4 heteroatoms. The maximum absolute atomic E-state index is 6.40. The smallest absolute Gasteiger partial charge is 0.0485 e. The molecule has 1 aromatic heterocycles. The van der Waals surface area contributed by atoms with Crippen molar-refractivity contribution in [2.24, 2.45) is 5.73 Å². The van der Waals surface area contributed by atoms with Crippen LogP contribution >= 0.6 is 23.2 Å². The van der Waals surface area contributed by atoms with E-state index in [1.54, 1.807) is 12.1 Å². The molecule has 2 unspecified atom stereocenters. The zero-order valence-electron chi connectivity index (χ0n) is 10.3. The topological polar surface area (TPSA) is 38.9 Å². The van der Waals surface area contributed by atoms with Crippen LogP contribution in [0.3, 0.4) is 0 Å². The first kappa shape index (κ1) is 12.9. The van der Waals surface area contributed by atoms with Crippen molar-refractivity contribution >= 4 is 23.2 Å². The Bertz CT molecular complexity index is 613. The average Bonchev–Trinajstić information content (AvgIpc) is 2.84. The summed E-state index contributed by atoms with van der Waals surface area (Å²) in [5, 5.41) is 1.33. The summed E-state index contributed by atoms with van der Waals surface area (Å²) >= 11 is 12.3. The molecule has 2 aromatic rings. The molecule has 2 nitrogen and oxygen atoms in total. The van der Waals surface area contributed by atoms with E-state index in [4.69, 9.17) is 28.9 Å². The minimum absolute atomic E-state index is 0.164. The maximum atomic E-state index is 6.40. The highest BCUT2D eigenvalue weighted by molar-refractivity contribution is 6.33. The summed E-state index contributed by atoms with van der Waals surface area (Å²) in [4.78, 5) is 4.48. The number of aryl methyl sites for hydroxylation is 1. The monoisotopic (exact) mass is 292 g/mol. The summed E-state index contributed by atoms with van der Waals surface area (Å²) < 4.78 is 0. The number of rotatable bonds is 2. The zero-order valence-corrected chi connectivity index (χ0v) is 11.8. The van der Waals surface area contributed by atoms with Gasteiger partial charge in [-0.25, -0.2) is 0 Å². The molecular weight excluding hydrogens is 279 g/mol. The molecule has 0 radical (unpaired) electrons. The van der Waals surface area contributed by atoms with E-state index in [1.165, 1.54) is 5.56 Å². The van der Waals surface area contributed by atoms with Gasteiger partial charge in [0.1, 0.15) is 0 Å². The first-order valence-corrected chi connectivity index (χ1v) is 7.06. The van der Waals surface area contributed by atoms with Gasteiger partial charge in [-0.15, -0.1) is 0 Å². The summed E-state index contributed by atoms with van der Waals surface area (Å²) in [6.45, 7) is 0. The van der Waals surface area contributed by atoms with Gasteiger partial charge in [0.25, 0.3) is 0 Å². The van der Waals surface area contributed by atoms with Gasteiger partial charge in [-0.2, -0.15) is 0 Å². The van der Waals surface area contributed by atoms with Gasteiger partial charge in [0, 0.05) is 33.9 Å². The molecule has 19 heavy (non-hydrogen) atoms. The van der Waals surface area contributed by atoms with E-state index in [2.05, 4.69) is 11.1 Å². The predicted octanol–water partition coefficient (Wildman–Crippen LogP) is 4.12. The van der Waals surface area contributed by atoms with Crippen LogP contribution < -0.4 is 5.73 Å². The van der Waals surface area contributed by atoms with Crippen molar-refractivity contribution < 1.29 is 0 Å². The standard InChI is InChI=1S/C15H14Cl2N2/c16-10-4-6-13(17)12(8-10)14(18)11-5-3-9-2-1-7-19-15(9)11/h1-2,4,6-8,11,14H,3,5,18H2. The number of nitrogens with two attached hydrogens (primary N) is 1. The molecule has 0 saturated carbocycles. The Hall–Kier alpha value is -1.09. The minimum atomic E-state index is -0.164. The van der Waals surface area contributed by atoms with Gasteiger partial charge in [-0.05, 0) is 48.2 Å². The molecule has 0 fully saturated rings. The number of nitrogens with zero attached hydrogens (tertiary/aromatic N) is 1. The molecule has 0 spiro atoms. The Morgan fingerprint density at radius 1 is 1.26 bits per heavy atom. The van der Waals surface area contributed by atoms with Gasteiger partial charge in [-0.1, -0.05) is 29.3 Å². The normalized spacial score (nSPS) is 19.2. The maximum Gasteiger partial charge on any atom is 0.0485 e. The Morgan fingerprint density at radius 3 is 2.95 bits per heavy atom. The summed E-state index contributed by atoms with van der Waals surface area (Å²) in [5.74, 6) is 0.215. The lowest BCUT2D eigenvalue weighted by Crippen LogP contribution is -2.19. The number of hydrogen-bond donors (Lipinski definition) is 1. The Labute approximate surface area is 122 Å². The van der Waals surface area contributed by atoms with Crippen molar-refractivity contribution in [1.82, 2.24) is 4.98 Å². The fourth-order valence-electron chi connectivity index (χ4n) is 2.78. The van der Waals surface area contributed by atoms with Crippen LogP contribution in [0.4, 0.5) is 0 Å². The highest BCUT2D eigenvalue weighted by Gasteiger charge is 2.30. The van der Waals surface area contributed by atoms with Crippen LogP contribution in [0.2, 0.25) is 10.0 Å². The van der Waals surface area contributed by atoms with E-state index < -0.39 is 0 Å². The minimum Gasteiger partial charge on any atom is -0.323 e. The van der Waals surface area contributed by atoms with Crippen LogP contribution in [-0.2, 0) is 6.42 Å². The second-order valence-electron chi connectivity index (χ2n) is 4.88. The number of halogens is 2. The van der Waals surface area contributed by atoms with E-state index in [9.17, 15) is 0 Å². The lowest BCUT2D eigenvalue weighted by molar-refractivity contribution is 0.541. The van der Waals surface area contributed by atoms with Gasteiger partial charge in [0.15, 0.2) is 0 Å². The lowest BCUT2D eigenvalue weighted by Gasteiger charge is -2.21. The van der Waals surface area contributed by atoms with Crippen LogP contribution in [0.1, 0.15) is 35.2 Å². The molecule has 1 aliphatic rings. The number of pyridine rings is 1. The Balaban J connectivity index is 1.97. The van der Waals surface area contributed by atoms with E-state index in [-0.39, 0.29) is 12.0 Å². The van der Waals surface area contributed by atoms with Crippen LogP contribution in [0.15, 0.2) is 36.5 Å². The average molecular weight is 293 g/mol. The largest absolute Gasteiger partial charge is 0.323 e. The van der Waals surface area contributed by atoms with Crippen molar-refractivity contribution in [3.8, 4) is 0 Å². The second kappa shape index (κ2) is 5.12. The molecule has 1 heterocycles. The molecule has 0 saturated heterocycles. The second-order valence-corrected chi connectivity index (χ2v) is 5.73. The zero-order chi connectivity index (χ0) is 13.4. The van der Waals surface area contributed by atoms with Gasteiger partial charge in [-0.3, -0.25) is 4.98 Å². The van der Waals surface area contributed by atoms with Gasteiger partial charge < -0.3 is 5.73 Å². The fraction of sp³-hybridized carbons (Fsp3) is 0.267. The number of hydrogen-bond acceptors (Lipinski definition) is 2. The third-order valence-corrected chi connectivity index (χ3v) is 4.33. The third kappa shape index (κ3) is 2.36. The first-order chi connectivity index (χ1) is 9.16. The number of fused-ring (bicyclic) bond motifs is 1. The van der Waals surface area contributed by atoms with Crippen LogP contribution in [-0.4, -0.2) is 4.98 Å². The van der Waals surface area contributed by atoms with Crippen molar-refractivity contribution in [3.05, 3.63) is 63.4 Å². The molecule has 98 valence electrons. The third-order valence-electron chi connectivity index (χ3n) is 3.75. The van der Waals surface area contributed by atoms with Crippen molar-refractivity contribution in [2.45, 2.75) is 24.8 Å². The van der Waals surface area contributed by atoms with Gasteiger partial charge >= 0.3 is 0 Å². The van der Waals surface area contributed by atoms with Crippen molar-refractivity contribution in [1.29, 1.82) is 0 Å². The van der Waals surface area contributed by atoms with E-state index in [1.807, 2.05) is 18.3 Å². The van der Waals surface area contributed by atoms with Crippen LogP contribution in [0, 0.1) is 0 Å². The predicted molar refractivity (Wildman–Crippen MR) is 78.7 cm³/mol. The highest BCUT2D eigenvalue weighted by atomic mass is 35.5. The molecule has 0 bridgehead atoms. The van der Waals surface area contributed by atoms with Crippen molar-refractivity contribution in [3.63, 3.8) is 0 Å². The number of benzene rings is 1. The van der Waals surface area contributed by atoms with Crippen molar-refractivity contribution in [2.75, 3.05) is 0 Å². The summed E-state index contributed by atoms with van der Waals surface area (Å²) in [5.41, 5.74) is 9.70. The highest BCUT2D eigenvalue weighted by Crippen LogP contribution is 2.41. The fourth-order valence-corrected chi connectivity index (χ4v) is 3.20. The number of aromatic nitrogens is 1. The molecule has 1 aromatic carbocycles. The van der Waals surface area contributed by atoms with Gasteiger partial charge in [0.2, 0.25) is 0 Å². The molecule has 0 amide bonds. The molecule has 2 atom stereocenters. The quantitative estimate of drug-likeness (QED) is 0.904. The summed E-state index contributed by atoms with van der Waals surface area (Å²) in [6, 6.07) is 9.36. The van der Waals surface area contributed by atoms with E-state index >= 15 is 0 Å². The van der Waals surface area contributed by atoms with Gasteiger partial charge in [0.05, 0.1) is 0 Å². The molecule has 0 aliphatic heterocycles. The van der Waals surface area contributed by atoms with Crippen LogP contribution in [0.5, 0.6) is 0 Å². The SMILES string of the molecule is NC(c1cc(Cl)ccc1Cl)C1CCc2cccnc21. The lowest BCUT2D eigenvalue weighted by atomic mass is 9.91. The summed E-state index contributed by atoms with van der Waals surface area (Å²) in [6.07, 6.45) is 3.86. The van der Waals surface area contributed by atoms with E-state index in [0.717, 1.165) is 24.1 Å². The summed E-state index contributed by atoms with van der Waals surface area (Å²) in [7, 11) is 0. The van der Waals surface area contributed by atoms with E-state index in [0.29, 0.717) is 10.0 Å². The molecule has 3 rings (SSSR count). The Kier molecular flexibility index (Phi) is 3.48. The molecule has 1 aliphatic carbocycles. The van der Waals surface area contributed by atoms with Crippen LogP contribution in [0.25, 0.3) is 0 Å².